The maximum Gasteiger partial charge on any atom is 0.208 e. The van der Waals surface area contributed by atoms with E-state index in [2.05, 4.69) is 54.8 Å². The number of nitrogens with one attached hydrogen (secondary N) is 2. The summed E-state index contributed by atoms with van der Waals surface area (Å²) in [6.07, 6.45) is 0.686. The summed E-state index contributed by atoms with van der Waals surface area (Å²) >= 11 is 0. The first-order valence-electron chi connectivity index (χ1n) is 7.79. The van der Waals surface area contributed by atoms with Crippen LogP contribution in [0.2, 0.25) is 0 Å². The molecular weight excluding hydrogens is 288 g/mol. The zero-order valence-corrected chi connectivity index (χ0v) is 13.7. The molecule has 0 heterocycles. The maximum atomic E-state index is 10.4. The van der Waals surface area contributed by atoms with Crippen LogP contribution in [0, 0.1) is 13.8 Å². The van der Waals surface area contributed by atoms with Gasteiger partial charge in [0.1, 0.15) is 0 Å². The van der Waals surface area contributed by atoms with Crippen LogP contribution in [0.15, 0.2) is 48.5 Å². The molecule has 2 aromatic rings. The quantitative estimate of drug-likeness (QED) is 0.425. The number of hydrogen-bond acceptors (Lipinski definition) is 3. The molecule has 2 aromatic carbocycles. The Labute approximate surface area is 137 Å². The van der Waals surface area contributed by atoms with E-state index >= 15 is 0 Å². The minimum absolute atomic E-state index is 0.0366. The fourth-order valence-corrected chi connectivity index (χ4v) is 2.63. The van der Waals surface area contributed by atoms with Crippen molar-refractivity contribution in [2.24, 2.45) is 0 Å². The predicted octanol–water partition coefficient (Wildman–Crippen LogP) is 2.85. The Kier molecular flexibility index (Phi) is 6.78. The molecule has 4 heteroatoms. The highest BCUT2D eigenvalue weighted by atomic mass is 16.5. The average Bonchev–Trinajstić information content (AvgIpc) is 2.53. The van der Waals surface area contributed by atoms with Crippen LogP contribution in [0.3, 0.4) is 0 Å². The van der Waals surface area contributed by atoms with Crippen molar-refractivity contribution >= 4 is 6.41 Å². The van der Waals surface area contributed by atoms with E-state index in [1.54, 1.807) is 0 Å². The highest BCUT2D eigenvalue weighted by Gasteiger charge is 2.10. The van der Waals surface area contributed by atoms with Crippen LogP contribution >= 0.6 is 0 Å². The van der Waals surface area contributed by atoms with E-state index < -0.39 is 0 Å². The van der Waals surface area contributed by atoms with Crippen LogP contribution in [0.5, 0.6) is 0 Å². The molecule has 2 N–H and O–H groups in total. The van der Waals surface area contributed by atoms with Crippen molar-refractivity contribution in [3.63, 3.8) is 0 Å². The van der Waals surface area contributed by atoms with Gasteiger partial charge in [0, 0.05) is 0 Å². The predicted molar refractivity (Wildman–Crippen MR) is 92.0 cm³/mol. The van der Waals surface area contributed by atoms with Crippen molar-refractivity contribution in [2.75, 3.05) is 13.3 Å². The Hall–Kier alpha value is -2.17. The van der Waals surface area contributed by atoms with Gasteiger partial charge >= 0.3 is 0 Å². The summed E-state index contributed by atoms with van der Waals surface area (Å²) in [7, 11) is 0. The van der Waals surface area contributed by atoms with Crippen molar-refractivity contribution in [1.29, 1.82) is 0 Å². The van der Waals surface area contributed by atoms with Gasteiger partial charge in [0.15, 0.2) is 0 Å². The summed E-state index contributed by atoms with van der Waals surface area (Å²) < 4.78 is 5.90. The van der Waals surface area contributed by atoms with Crippen molar-refractivity contribution in [3.05, 3.63) is 70.8 Å². The normalized spacial score (nSPS) is 11.9. The second kappa shape index (κ2) is 9.08. The third-order valence-corrected chi connectivity index (χ3v) is 3.57. The molecule has 0 aliphatic carbocycles. The monoisotopic (exact) mass is 312 g/mol. The molecule has 0 aliphatic rings. The van der Waals surface area contributed by atoms with Gasteiger partial charge in [-0.2, -0.15) is 0 Å². The van der Waals surface area contributed by atoms with Gasteiger partial charge in [-0.15, -0.1) is 0 Å². The molecule has 0 radical (unpaired) electrons. The van der Waals surface area contributed by atoms with Crippen molar-refractivity contribution in [1.82, 2.24) is 10.6 Å². The van der Waals surface area contributed by atoms with E-state index in [0.29, 0.717) is 26.3 Å². The van der Waals surface area contributed by atoms with Gasteiger partial charge in [-0.25, -0.2) is 0 Å². The van der Waals surface area contributed by atoms with Crippen LogP contribution < -0.4 is 10.6 Å². The zero-order chi connectivity index (χ0) is 16.5. The second-order valence-corrected chi connectivity index (χ2v) is 5.68. The van der Waals surface area contributed by atoms with Crippen molar-refractivity contribution in [2.45, 2.75) is 26.5 Å². The molecule has 0 saturated carbocycles. The van der Waals surface area contributed by atoms with E-state index in [0.717, 1.165) is 5.56 Å². The van der Waals surface area contributed by atoms with Gasteiger partial charge in [-0.05, 0) is 25.0 Å². The smallest absolute Gasteiger partial charge is 0.208 e. The number of hydrogen-bond donors (Lipinski definition) is 2. The molecule has 2 rings (SSSR count). The van der Waals surface area contributed by atoms with Crippen molar-refractivity contribution < 1.29 is 9.53 Å². The van der Waals surface area contributed by atoms with E-state index in [4.69, 9.17) is 4.74 Å². The van der Waals surface area contributed by atoms with E-state index in [1.807, 2.05) is 18.2 Å². The molecule has 0 bridgehead atoms. The number of carbonyl (C=O) groups is 1. The molecule has 0 spiro atoms. The number of ether oxygens (including phenoxy) is 1. The van der Waals surface area contributed by atoms with Gasteiger partial charge in [0.25, 0.3) is 0 Å². The summed E-state index contributed by atoms with van der Waals surface area (Å²) in [4.78, 5) is 10.4. The Morgan fingerprint density at radius 1 is 1.09 bits per heavy atom. The Morgan fingerprint density at radius 3 is 2.43 bits per heavy atom. The van der Waals surface area contributed by atoms with Gasteiger partial charge in [0.2, 0.25) is 6.41 Å². The minimum Gasteiger partial charge on any atom is -0.375 e. The Balaban J connectivity index is 1.93. The lowest BCUT2D eigenvalue weighted by Crippen LogP contribution is -2.33. The molecule has 122 valence electrons. The van der Waals surface area contributed by atoms with Crippen LogP contribution in [0.4, 0.5) is 0 Å². The Bertz CT molecular complexity index is 594. The van der Waals surface area contributed by atoms with Crippen molar-refractivity contribution in [3.8, 4) is 0 Å². The van der Waals surface area contributed by atoms with Gasteiger partial charge in [-0.3, -0.25) is 10.1 Å². The number of carbonyl (C=O) groups excluding carboxylic acids is 1. The standard InChI is InChI=1S/C19H24N2O2/c1-15-8-16(2)10-17(9-15)11-23-12-19(21-13-20-14-22)18-6-4-3-5-7-18/h3-10,14,19,21H,11-13H2,1-2H3,(H,20,22)/t19-/m1/s1. The van der Waals surface area contributed by atoms with Crippen LogP contribution in [0.1, 0.15) is 28.3 Å². The number of amides is 1. The summed E-state index contributed by atoms with van der Waals surface area (Å²) in [6, 6.07) is 16.6. The van der Waals surface area contributed by atoms with E-state index in [9.17, 15) is 4.79 Å². The summed E-state index contributed by atoms with van der Waals surface area (Å²) in [5.41, 5.74) is 4.81. The molecule has 0 aliphatic heterocycles. The lowest BCUT2D eigenvalue weighted by molar-refractivity contribution is -0.109. The molecular formula is C19H24N2O2. The molecule has 1 atom stereocenters. The van der Waals surface area contributed by atoms with Crippen LogP contribution in [-0.4, -0.2) is 19.7 Å². The molecule has 0 unspecified atom stereocenters. The zero-order valence-electron chi connectivity index (χ0n) is 13.7. The SMILES string of the molecule is Cc1cc(C)cc(COC[C@@H](NCNC=O)c2ccccc2)c1. The van der Waals surface area contributed by atoms with Crippen LogP contribution in [0.25, 0.3) is 0 Å². The third kappa shape index (κ3) is 5.85. The fourth-order valence-electron chi connectivity index (χ4n) is 2.63. The lowest BCUT2D eigenvalue weighted by atomic mass is 10.1. The van der Waals surface area contributed by atoms with Crippen LogP contribution in [-0.2, 0) is 16.1 Å². The largest absolute Gasteiger partial charge is 0.375 e. The maximum absolute atomic E-state index is 10.4. The summed E-state index contributed by atoms with van der Waals surface area (Å²) in [5.74, 6) is 0. The first-order chi connectivity index (χ1) is 11.2. The highest BCUT2D eigenvalue weighted by Crippen LogP contribution is 2.15. The first-order valence-corrected chi connectivity index (χ1v) is 7.79. The molecule has 0 saturated heterocycles. The second-order valence-electron chi connectivity index (χ2n) is 5.68. The topological polar surface area (TPSA) is 50.4 Å². The minimum atomic E-state index is 0.0366. The third-order valence-electron chi connectivity index (χ3n) is 3.57. The molecule has 0 aromatic heterocycles. The highest BCUT2D eigenvalue weighted by molar-refractivity contribution is 5.45. The summed E-state index contributed by atoms with van der Waals surface area (Å²) in [5, 5.41) is 5.90. The van der Waals surface area contributed by atoms with E-state index in [1.165, 1.54) is 16.7 Å². The molecule has 4 nitrogen and oxygen atoms in total. The molecule has 0 fully saturated rings. The fraction of sp³-hybridized carbons (Fsp3) is 0.316. The van der Waals surface area contributed by atoms with E-state index in [-0.39, 0.29) is 6.04 Å². The first kappa shape index (κ1) is 17.2. The average molecular weight is 312 g/mol. The van der Waals surface area contributed by atoms with Gasteiger partial charge < -0.3 is 10.1 Å². The summed E-state index contributed by atoms with van der Waals surface area (Å²) in [6.45, 7) is 5.72. The number of rotatable bonds is 9. The number of aryl methyl sites for hydroxylation is 2. The van der Waals surface area contributed by atoms with Gasteiger partial charge in [-0.1, -0.05) is 59.7 Å². The number of benzene rings is 2. The molecule has 23 heavy (non-hydrogen) atoms. The lowest BCUT2D eigenvalue weighted by Gasteiger charge is -2.19. The Morgan fingerprint density at radius 2 is 1.78 bits per heavy atom. The van der Waals surface area contributed by atoms with Gasteiger partial charge in [0.05, 0.1) is 25.9 Å². The molecule has 1 amide bonds.